The Labute approximate surface area is 144 Å². The number of nitrogen functional groups attached to an aromatic ring is 1. The lowest BCUT2D eigenvalue weighted by Gasteiger charge is -2.13. The van der Waals surface area contributed by atoms with E-state index >= 15 is 0 Å². The van der Waals surface area contributed by atoms with Crippen LogP contribution in [0.2, 0.25) is 5.02 Å². The van der Waals surface area contributed by atoms with Crippen molar-refractivity contribution in [1.82, 2.24) is 20.3 Å². The van der Waals surface area contributed by atoms with Crippen molar-refractivity contribution in [3.8, 4) is 5.75 Å². The summed E-state index contributed by atoms with van der Waals surface area (Å²) in [5, 5.41) is 11.4. The number of nitrogens with zero attached hydrogens (tertiary/aromatic N) is 4. The highest BCUT2D eigenvalue weighted by atomic mass is 35.5. The number of ether oxygens (including phenoxy) is 1. The summed E-state index contributed by atoms with van der Waals surface area (Å²) in [5.74, 6) is 0.915. The number of anilines is 1. The fourth-order valence-electron chi connectivity index (χ4n) is 2.14. The largest absolute Gasteiger partial charge is 0.489 e. The Kier molecular flexibility index (Phi) is 4.81. The molecule has 0 unspecified atom stereocenters. The van der Waals surface area contributed by atoms with Crippen molar-refractivity contribution < 1.29 is 4.74 Å². The maximum absolute atomic E-state index is 6.09. The standard InChI is InChI=1S/C16H17ClN6O/c1-11-2-4-12(5-3-11)10-24-15-7-6-14(17)8-13(15)9-19-23-16(18)20-21-22-23/h2-8,19H,9-10H2,1H3,(H2,18,20,22). The first-order valence-electron chi connectivity index (χ1n) is 7.36. The number of aromatic nitrogens is 4. The van der Waals surface area contributed by atoms with E-state index in [1.807, 2.05) is 24.3 Å². The van der Waals surface area contributed by atoms with E-state index in [0.29, 0.717) is 18.2 Å². The van der Waals surface area contributed by atoms with Gasteiger partial charge in [0.1, 0.15) is 12.4 Å². The maximum Gasteiger partial charge on any atom is 0.260 e. The molecule has 0 radical (unpaired) electrons. The summed E-state index contributed by atoms with van der Waals surface area (Å²) < 4.78 is 5.93. The Hall–Kier alpha value is -2.80. The predicted octanol–water partition coefficient (Wildman–Crippen LogP) is 2.54. The molecule has 0 saturated heterocycles. The third-order valence-electron chi connectivity index (χ3n) is 3.45. The second-order valence-corrected chi connectivity index (χ2v) is 5.75. The summed E-state index contributed by atoms with van der Waals surface area (Å²) in [6.07, 6.45) is 0. The molecule has 3 aromatic rings. The third-order valence-corrected chi connectivity index (χ3v) is 3.69. The normalized spacial score (nSPS) is 10.6. The Morgan fingerprint density at radius 1 is 1.21 bits per heavy atom. The Bertz CT molecular complexity index is 818. The number of aryl methyl sites for hydroxylation is 1. The Morgan fingerprint density at radius 2 is 2.00 bits per heavy atom. The van der Waals surface area contributed by atoms with E-state index in [0.717, 1.165) is 16.9 Å². The molecule has 3 rings (SSSR count). The molecule has 1 heterocycles. The molecule has 0 saturated carbocycles. The number of hydrogen-bond donors (Lipinski definition) is 2. The van der Waals surface area contributed by atoms with Crippen LogP contribution in [0.3, 0.4) is 0 Å². The molecule has 0 aliphatic rings. The average molecular weight is 345 g/mol. The number of tetrazole rings is 1. The molecular formula is C16H17ClN6O. The van der Waals surface area contributed by atoms with Crippen molar-refractivity contribution in [3.63, 3.8) is 0 Å². The van der Waals surface area contributed by atoms with E-state index in [-0.39, 0.29) is 5.95 Å². The van der Waals surface area contributed by atoms with Gasteiger partial charge in [0, 0.05) is 10.6 Å². The number of halogens is 1. The van der Waals surface area contributed by atoms with Crippen molar-refractivity contribution in [1.29, 1.82) is 0 Å². The molecule has 0 aliphatic heterocycles. The van der Waals surface area contributed by atoms with Crippen molar-refractivity contribution in [2.24, 2.45) is 0 Å². The average Bonchev–Trinajstić information content (AvgIpc) is 2.98. The quantitative estimate of drug-likeness (QED) is 0.714. The zero-order valence-corrected chi connectivity index (χ0v) is 13.9. The zero-order valence-electron chi connectivity index (χ0n) is 13.1. The van der Waals surface area contributed by atoms with Crippen molar-refractivity contribution >= 4 is 17.5 Å². The van der Waals surface area contributed by atoms with Gasteiger partial charge in [0.2, 0.25) is 0 Å². The first kappa shape index (κ1) is 16.1. The summed E-state index contributed by atoms with van der Waals surface area (Å²) in [7, 11) is 0. The highest BCUT2D eigenvalue weighted by molar-refractivity contribution is 6.30. The van der Waals surface area contributed by atoms with Gasteiger partial charge in [-0.15, -0.1) is 4.79 Å². The van der Waals surface area contributed by atoms with E-state index in [2.05, 4.69) is 40.0 Å². The van der Waals surface area contributed by atoms with Gasteiger partial charge in [-0.05, 0) is 41.1 Å². The Morgan fingerprint density at radius 3 is 2.71 bits per heavy atom. The van der Waals surface area contributed by atoms with Crippen LogP contribution in [-0.4, -0.2) is 20.3 Å². The monoisotopic (exact) mass is 344 g/mol. The molecule has 3 N–H and O–H groups in total. The summed E-state index contributed by atoms with van der Waals surface area (Å²) >= 11 is 6.09. The molecule has 0 spiro atoms. The van der Waals surface area contributed by atoms with Crippen LogP contribution in [0.15, 0.2) is 42.5 Å². The number of nitrogens with one attached hydrogen (secondary N) is 1. The maximum atomic E-state index is 6.09. The van der Waals surface area contributed by atoms with Crippen molar-refractivity contribution in [3.05, 3.63) is 64.2 Å². The summed E-state index contributed by atoms with van der Waals surface area (Å²) in [4.78, 5) is 1.30. The molecule has 0 amide bonds. The molecule has 24 heavy (non-hydrogen) atoms. The lowest BCUT2D eigenvalue weighted by molar-refractivity contribution is 0.303. The van der Waals surface area contributed by atoms with Gasteiger partial charge >= 0.3 is 0 Å². The summed E-state index contributed by atoms with van der Waals surface area (Å²) in [6.45, 7) is 2.94. The van der Waals surface area contributed by atoms with Crippen molar-refractivity contribution in [2.45, 2.75) is 20.1 Å². The second kappa shape index (κ2) is 7.18. The van der Waals surface area contributed by atoms with Gasteiger partial charge in [-0.2, -0.15) is 0 Å². The zero-order chi connectivity index (χ0) is 16.9. The van der Waals surface area contributed by atoms with Crippen LogP contribution in [0.25, 0.3) is 0 Å². The SMILES string of the molecule is Cc1ccc(COc2ccc(Cl)cc2CNn2nnnc2N)cc1. The number of benzene rings is 2. The first-order valence-corrected chi connectivity index (χ1v) is 7.74. The van der Waals surface area contributed by atoms with Gasteiger partial charge < -0.3 is 15.9 Å². The minimum Gasteiger partial charge on any atom is -0.489 e. The van der Waals surface area contributed by atoms with Gasteiger partial charge in [-0.25, -0.2) is 0 Å². The smallest absolute Gasteiger partial charge is 0.260 e. The molecule has 2 aromatic carbocycles. The molecule has 0 aliphatic carbocycles. The molecule has 7 nitrogen and oxygen atoms in total. The highest BCUT2D eigenvalue weighted by Crippen LogP contribution is 2.24. The number of rotatable bonds is 6. The highest BCUT2D eigenvalue weighted by Gasteiger charge is 2.07. The van der Waals surface area contributed by atoms with Gasteiger partial charge in [0.15, 0.2) is 0 Å². The summed E-state index contributed by atoms with van der Waals surface area (Å²) in [6, 6.07) is 13.7. The van der Waals surface area contributed by atoms with Crippen LogP contribution in [0.4, 0.5) is 5.95 Å². The van der Waals surface area contributed by atoms with Gasteiger partial charge in [0.05, 0.1) is 6.54 Å². The minimum atomic E-state index is 0.180. The minimum absolute atomic E-state index is 0.180. The molecule has 124 valence electrons. The van der Waals surface area contributed by atoms with Crippen LogP contribution >= 0.6 is 11.6 Å². The molecule has 0 fully saturated rings. The molecule has 1 aromatic heterocycles. The molecule has 0 atom stereocenters. The van der Waals surface area contributed by atoms with E-state index in [1.54, 1.807) is 6.07 Å². The van der Waals surface area contributed by atoms with E-state index in [1.165, 1.54) is 10.4 Å². The first-order chi connectivity index (χ1) is 11.6. The van der Waals surface area contributed by atoms with Gasteiger partial charge in [-0.1, -0.05) is 46.5 Å². The van der Waals surface area contributed by atoms with E-state index in [9.17, 15) is 0 Å². The fourth-order valence-corrected chi connectivity index (χ4v) is 2.33. The van der Waals surface area contributed by atoms with Crippen molar-refractivity contribution in [2.75, 3.05) is 11.2 Å². The van der Waals surface area contributed by atoms with Gasteiger partial charge in [-0.3, -0.25) is 0 Å². The van der Waals surface area contributed by atoms with Crippen LogP contribution in [-0.2, 0) is 13.2 Å². The van der Waals surface area contributed by atoms with Crippen LogP contribution in [0.1, 0.15) is 16.7 Å². The number of nitrogens with two attached hydrogens (primary N) is 1. The number of hydrogen-bond acceptors (Lipinski definition) is 6. The van der Waals surface area contributed by atoms with Crippen LogP contribution in [0, 0.1) is 6.92 Å². The van der Waals surface area contributed by atoms with Gasteiger partial charge in [0.25, 0.3) is 5.95 Å². The van der Waals surface area contributed by atoms with E-state index < -0.39 is 0 Å². The third kappa shape index (κ3) is 3.94. The lowest BCUT2D eigenvalue weighted by Crippen LogP contribution is -2.18. The van der Waals surface area contributed by atoms with E-state index in [4.69, 9.17) is 22.1 Å². The Balaban J connectivity index is 1.70. The topological polar surface area (TPSA) is 90.9 Å². The fraction of sp³-hybridized carbons (Fsp3) is 0.188. The second-order valence-electron chi connectivity index (χ2n) is 5.31. The molecule has 8 heteroatoms. The summed E-state index contributed by atoms with van der Waals surface area (Å²) in [5.41, 5.74) is 11.8. The predicted molar refractivity (Wildman–Crippen MR) is 92.3 cm³/mol. The molecular weight excluding hydrogens is 328 g/mol. The molecule has 0 bridgehead atoms. The van der Waals surface area contributed by atoms with Crippen LogP contribution < -0.4 is 15.9 Å². The van der Waals surface area contributed by atoms with Crippen LogP contribution in [0.5, 0.6) is 5.75 Å². The lowest BCUT2D eigenvalue weighted by atomic mass is 10.1.